The van der Waals surface area contributed by atoms with Crippen molar-refractivity contribution < 1.29 is 17.9 Å². The van der Waals surface area contributed by atoms with Crippen LogP contribution in [0.4, 0.5) is 0 Å². The fourth-order valence-corrected chi connectivity index (χ4v) is 3.45. The molecule has 1 atom stereocenters. The fourth-order valence-electron chi connectivity index (χ4n) is 2.29. The molecule has 1 saturated heterocycles. The number of morpholine rings is 1. The minimum atomic E-state index is -3.53. The van der Waals surface area contributed by atoms with Crippen molar-refractivity contribution in [1.82, 2.24) is 9.62 Å². The number of methoxy groups -OCH3 is 1. The maximum atomic E-state index is 12.3. The van der Waals surface area contributed by atoms with Gasteiger partial charge in [0.25, 0.3) is 0 Å². The van der Waals surface area contributed by atoms with E-state index in [0.29, 0.717) is 12.4 Å². The van der Waals surface area contributed by atoms with Crippen molar-refractivity contribution in [3.05, 3.63) is 23.8 Å². The van der Waals surface area contributed by atoms with Gasteiger partial charge in [0, 0.05) is 19.6 Å². The van der Waals surface area contributed by atoms with E-state index in [1.54, 1.807) is 25.3 Å². The minimum absolute atomic E-state index is 0.113. The fraction of sp³-hybridized carbons (Fsp3) is 0.571. The first-order chi connectivity index (χ1) is 9.92. The van der Waals surface area contributed by atoms with Crippen LogP contribution < -0.4 is 9.46 Å². The van der Waals surface area contributed by atoms with Crippen molar-refractivity contribution in [2.75, 3.05) is 40.4 Å². The van der Waals surface area contributed by atoms with Gasteiger partial charge in [0.2, 0.25) is 10.0 Å². The number of nitrogens with zero attached hydrogens (tertiary/aromatic N) is 1. The highest BCUT2D eigenvalue weighted by Gasteiger charge is 2.21. The predicted octanol–water partition coefficient (Wildman–Crippen LogP) is 0.613. The highest BCUT2D eigenvalue weighted by molar-refractivity contribution is 7.89. The second-order valence-corrected chi connectivity index (χ2v) is 7.01. The maximum Gasteiger partial charge on any atom is 0.240 e. The van der Waals surface area contributed by atoms with E-state index in [-0.39, 0.29) is 17.5 Å². The molecule has 1 fully saturated rings. The third kappa shape index (κ3) is 4.16. The van der Waals surface area contributed by atoms with Crippen molar-refractivity contribution >= 4 is 10.0 Å². The summed E-state index contributed by atoms with van der Waals surface area (Å²) in [5.74, 6) is 0.672. The number of rotatable bonds is 5. The van der Waals surface area contributed by atoms with Gasteiger partial charge in [-0.3, -0.25) is 0 Å². The molecule has 1 aromatic rings. The molecule has 21 heavy (non-hydrogen) atoms. The van der Waals surface area contributed by atoms with Crippen molar-refractivity contribution in [2.45, 2.75) is 17.9 Å². The van der Waals surface area contributed by atoms with Gasteiger partial charge in [-0.15, -0.1) is 0 Å². The van der Waals surface area contributed by atoms with E-state index in [2.05, 4.69) is 9.62 Å². The van der Waals surface area contributed by atoms with Crippen LogP contribution in [0.15, 0.2) is 23.1 Å². The first-order valence-corrected chi connectivity index (χ1v) is 8.35. The molecule has 118 valence electrons. The summed E-state index contributed by atoms with van der Waals surface area (Å²) in [4.78, 5) is 2.37. The van der Waals surface area contributed by atoms with E-state index in [4.69, 9.17) is 9.47 Å². The number of ether oxygens (including phenoxy) is 2. The smallest absolute Gasteiger partial charge is 0.240 e. The van der Waals surface area contributed by atoms with E-state index in [0.717, 1.165) is 18.7 Å². The van der Waals surface area contributed by atoms with Crippen LogP contribution in [-0.2, 0) is 14.8 Å². The number of likely N-dealkylation sites (N-methyl/N-ethyl adjacent to an activating group) is 1. The Morgan fingerprint density at radius 3 is 2.86 bits per heavy atom. The second-order valence-electron chi connectivity index (χ2n) is 5.24. The zero-order valence-electron chi connectivity index (χ0n) is 12.6. The number of nitrogens with one attached hydrogen (secondary N) is 1. The van der Waals surface area contributed by atoms with Crippen LogP contribution in [0.25, 0.3) is 0 Å². The molecule has 0 saturated carbocycles. The SMILES string of the molecule is COc1ccc(S(=O)(=O)NCC2CN(C)CCO2)cc1C. The first kappa shape index (κ1) is 16.2. The second kappa shape index (κ2) is 6.74. The molecule has 1 aliphatic rings. The normalized spacial score (nSPS) is 20.4. The predicted molar refractivity (Wildman–Crippen MR) is 80.2 cm³/mol. The van der Waals surface area contributed by atoms with E-state index < -0.39 is 10.0 Å². The zero-order valence-corrected chi connectivity index (χ0v) is 13.4. The summed E-state index contributed by atoms with van der Waals surface area (Å²) >= 11 is 0. The van der Waals surface area contributed by atoms with Crippen molar-refractivity contribution in [2.24, 2.45) is 0 Å². The van der Waals surface area contributed by atoms with Gasteiger partial charge >= 0.3 is 0 Å². The largest absolute Gasteiger partial charge is 0.496 e. The van der Waals surface area contributed by atoms with Crippen LogP contribution in [0.5, 0.6) is 5.75 Å². The standard InChI is InChI=1S/C14H22N2O4S/c1-11-8-13(4-5-14(11)19-3)21(17,18)15-9-12-10-16(2)6-7-20-12/h4-5,8,12,15H,6-7,9-10H2,1-3H3. The molecule has 1 N–H and O–H groups in total. The van der Waals surface area contributed by atoms with Crippen molar-refractivity contribution in [3.63, 3.8) is 0 Å². The molecule has 1 aromatic carbocycles. The Bertz CT molecular complexity index is 589. The Morgan fingerprint density at radius 1 is 1.48 bits per heavy atom. The van der Waals surface area contributed by atoms with Gasteiger partial charge in [-0.2, -0.15) is 0 Å². The van der Waals surface area contributed by atoms with Crippen LogP contribution in [0.1, 0.15) is 5.56 Å². The molecule has 0 spiro atoms. The van der Waals surface area contributed by atoms with Crippen LogP contribution in [-0.4, -0.2) is 59.8 Å². The molecule has 0 aromatic heterocycles. The quantitative estimate of drug-likeness (QED) is 0.862. The van der Waals surface area contributed by atoms with E-state index >= 15 is 0 Å². The third-order valence-electron chi connectivity index (χ3n) is 3.52. The molecular weight excluding hydrogens is 292 g/mol. The number of hydrogen-bond donors (Lipinski definition) is 1. The monoisotopic (exact) mass is 314 g/mol. The van der Waals surface area contributed by atoms with Gasteiger partial charge < -0.3 is 14.4 Å². The van der Waals surface area contributed by atoms with Gasteiger partial charge in [0.05, 0.1) is 24.7 Å². The summed E-state index contributed by atoms with van der Waals surface area (Å²) in [6.45, 7) is 4.32. The highest BCUT2D eigenvalue weighted by atomic mass is 32.2. The van der Waals surface area contributed by atoms with Crippen molar-refractivity contribution in [1.29, 1.82) is 0 Å². The number of aryl methyl sites for hydroxylation is 1. The maximum absolute atomic E-state index is 12.3. The van der Waals surface area contributed by atoms with Crippen LogP contribution in [0, 0.1) is 6.92 Å². The lowest BCUT2D eigenvalue weighted by Crippen LogP contribution is -2.45. The van der Waals surface area contributed by atoms with Gasteiger partial charge in [-0.05, 0) is 37.7 Å². The molecule has 7 heteroatoms. The topological polar surface area (TPSA) is 67.9 Å². The molecule has 1 heterocycles. The van der Waals surface area contributed by atoms with Crippen LogP contribution in [0.2, 0.25) is 0 Å². The number of sulfonamides is 1. The van der Waals surface area contributed by atoms with Gasteiger partial charge in [0.15, 0.2) is 0 Å². The minimum Gasteiger partial charge on any atom is -0.496 e. The molecule has 6 nitrogen and oxygen atoms in total. The Kier molecular flexibility index (Phi) is 5.21. The van der Waals surface area contributed by atoms with E-state index in [1.165, 1.54) is 0 Å². The lowest BCUT2D eigenvalue weighted by atomic mass is 10.2. The summed E-state index contributed by atoms with van der Waals surface area (Å²) in [5, 5.41) is 0. The summed E-state index contributed by atoms with van der Waals surface area (Å²) in [5.41, 5.74) is 0.786. The average Bonchev–Trinajstić information content (AvgIpc) is 2.45. The third-order valence-corrected chi connectivity index (χ3v) is 4.94. The van der Waals surface area contributed by atoms with Crippen LogP contribution >= 0.6 is 0 Å². The molecule has 1 unspecified atom stereocenters. The Balaban J connectivity index is 2.02. The Morgan fingerprint density at radius 2 is 2.24 bits per heavy atom. The Hall–Kier alpha value is -1.15. The lowest BCUT2D eigenvalue weighted by Gasteiger charge is -2.30. The first-order valence-electron chi connectivity index (χ1n) is 6.87. The van der Waals surface area contributed by atoms with Gasteiger partial charge in [0.1, 0.15) is 5.75 Å². The molecular formula is C14H22N2O4S. The summed E-state index contributed by atoms with van der Waals surface area (Å²) in [6.07, 6.45) is -0.113. The van der Waals surface area contributed by atoms with Gasteiger partial charge in [-0.1, -0.05) is 0 Å². The summed E-state index contributed by atoms with van der Waals surface area (Å²) in [7, 11) is 0.0294. The highest BCUT2D eigenvalue weighted by Crippen LogP contribution is 2.21. The average molecular weight is 314 g/mol. The molecule has 1 aliphatic heterocycles. The van der Waals surface area contributed by atoms with Crippen LogP contribution in [0.3, 0.4) is 0 Å². The Labute approximate surface area is 126 Å². The molecule has 0 amide bonds. The van der Waals surface area contributed by atoms with E-state index in [9.17, 15) is 8.42 Å². The molecule has 0 radical (unpaired) electrons. The molecule has 0 bridgehead atoms. The number of benzene rings is 1. The number of hydrogen-bond acceptors (Lipinski definition) is 5. The molecule has 2 rings (SSSR count). The summed E-state index contributed by atoms with van der Waals surface area (Å²) < 4.78 is 37.9. The lowest BCUT2D eigenvalue weighted by molar-refractivity contribution is -0.0156. The summed E-state index contributed by atoms with van der Waals surface area (Å²) in [6, 6.07) is 4.81. The van der Waals surface area contributed by atoms with Gasteiger partial charge in [-0.25, -0.2) is 13.1 Å². The van der Waals surface area contributed by atoms with E-state index in [1.807, 2.05) is 14.0 Å². The zero-order chi connectivity index (χ0) is 15.5. The molecule has 0 aliphatic carbocycles. The van der Waals surface area contributed by atoms with Crippen molar-refractivity contribution in [3.8, 4) is 5.75 Å².